The molecule has 9 heteroatoms. The maximum Gasteiger partial charge on any atom is 0.334 e. The molecule has 1 amide bonds. The molecule has 0 aliphatic carbocycles. The average Bonchev–Trinajstić information content (AvgIpc) is 3.30. The minimum absolute atomic E-state index is 0.0626. The van der Waals surface area contributed by atoms with Crippen LogP contribution in [0.2, 0.25) is 0 Å². The Hall–Kier alpha value is -2.48. The Balaban J connectivity index is 1.65. The third-order valence-corrected chi connectivity index (χ3v) is 7.78. The average molecular weight is 489 g/mol. The summed E-state index contributed by atoms with van der Waals surface area (Å²) in [6.45, 7) is 3.43. The summed E-state index contributed by atoms with van der Waals surface area (Å²) in [6.07, 6.45) is 0.392. The number of benzene rings is 2. The first-order valence-electron chi connectivity index (χ1n) is 10.4. The van der Waals surface area contributed by atoms with E-state index in [1.807, 2.05) is 29.6 Å². The summed E-state index contributed by atoms with van der Waals surface area (Å²) < 4.78 is 23.4. The highest BCUT2D eigenvalue weighted by atomic mass is 32.1. The van der Waals surface area contributed by atoms with Crippen LogP contribution in [-0.4, -0.2) is 30.3 Å². The summed E-state index contributed by atoms with van der Waals surface area (Å²) >= 11 is 1.61. The fraction of sp³-hybridized carbons (Fsp3) is 0.292. The lowest BCUT2D eigenvalue weighted by Crippen LogP contribution is -2.20. The van der Waals surface area contributed by atoms with Crippen LogP contribution in [0.15, 0.2) is 60.0 Å². The van der Waals surface area contributed by atoms with Gasteiger partial charge >= 0.3 is 7.60 Å². The Morgan fingerprint density at radius 3 is 2.52 bits per heavy atom. The first-order valence-corrected chi connectivity index (χ1v) is 13.0. The minimum atomic E-state index is -3.37. The van der Waals surface area contributed by atoms with Crippen LogP contribution in [0.1, 0.15) is 36.2 Å². The highest BCUT2D eigenvalue weighted by Crippen LogP contribution is 2.50. The summed E-state index contributed by atoms with van der Waals surface area (Å²) in [4.78, 5) is 13.8. The van der Waals surface area contributed by atoms with E-state index in [4.69, 9.17) is 14.8 Å². The highest BCUT2D eigenvalue weighted by Gasteiger charge is 2.25. The molecule has 0 bridgehead atoms. The Morgan fingerprint density at radius 2 is 1.91 bits per heavy atom. The van der Waals surface area contributed by atoms with E-state index >= 15 is 0 Å². The smallest absolute Gasteiger partial charge is 0.334 e. The van der Waals surface area contributed by atoms with E-state index in [2.05, 4.69) is 5.32 Å². The van der Waals surface area contributed by atoms with Crippen LogP contribution in [0.3, 0.4) is 0 Å². The number of nitrogens with one attached hydrogen (secondary N) is 1. The number of carbonyl (C=O) groups is 1. The Morgan fingerprint density at radius 1 is 1.18 bits per heavy atom. The molecule has 0 fully saturated rings. The molecule has 176 valence electrons. The SMILES string of the molecule is COP(=O)(Cc1ccc(C(=O)Nc2cc(-c3cccs3)ccc2N)cc1)OCCC(C)(C)O. The summed E-state index contributed by atoms with van der Waals surface area (Å²) in [7, 11) is -2.03. The van der Waals surface area contributed by atoms with Gasteiger partial charge in [-0.05, 0) is 67.1 Å². The van der Waals surface area contributed by atoms with Crippen LogP contribution in [0.5, 0.6) is 0 Å². The van der Waals surface area contributed by atoms with Crippen molar-refractivity contribution in [3.63, 3.8) is 0 Å². The lowest BCUT2D eigenvalue weighted by atomic mass is 10.1. The van der Waals surface area contributed by atoms with Gasteiger partial charge in [-0.2, -0.15) is 0 Å². The van der Waals surface area contributed by atoms with Crippen molar-refractivity contribution in [1.82, 2.24) is 0 Å². The van der Waals surface area contributed by atoms with E-state index in [1.165, 1.54) is 7.11 Å². The molecule has 2 aromatic carbocycles. The van der Waals surface area contributed by atoms with Crippen molar-refractivity contribution in [2.45, 2.75) is 32.0 Å². The number of anilines is 2. The van der Waals surface area contributed by atoms with Gasteiger partial charge in [0.2, 0.25) is 0 Å². The van der Waals surface area contributed by atoms with E-state index in [-0.39, 0.29) is 18.7 Å². The van der Waals surface area contributed by atoms with Crippen molar-refractivity contribution in [2.75, 3.05) is 24.8 Å². The van der Waals surface area contributed by atoms with Crippen LogP contribution in [-0.2, 0) is 19.8 Å². The number of rotatable bonds is 10. The second-order valence-corrected chi connectivity index (χ2v) is 11.4. The van der Waals surface area contributed by atoms with Crippen molar-refractivity contribution in [3.05, 3.63) is 71.1 Å². The van der Waals surface area contributed by atoms with Gasteiger partial charge in [-0.1, -0.05) is 24.3 Å². The number of carbonyl (C=O) groups excluding carboxylic acids is 1. The molecule has 0 radical (unpaired) electrons. The fourth-order valence-corrected chi connectivity index (χ4v) is 5.11. The van der Waals surface area contributed by atoms with E-state index < -0.39 is 13.2 Å². The molecule has 1 unspecified atom stereocenters. The molecule has 0 saturated carbocycles. The van der Waals surface area contributed by atoms with Crippen LogP contribution in [0, 0.1) is 0 Å². The summed E-state index contributed by atoms with van der Waals surface area (Å²) in [5, 5.41) is 14.6. The molecule has 0 spiro atoms. The monoisotopic (exact) mass is 488 g/mol. The second kappa shape index (κ2) is 10.6. The Labute approximate surface area is 198 Å². The van der Waals surface area contributed by atoms with E-state index in [9.17, 15) is 14.5 Å². The number of aliphatic hydroxyl groups is 1. The van der Waals surface area contributed by atoms with Crippen molar-refractivity contribution >= 4 is 36.2 Å². The van der Waals surface area contributed by atoms with Gasteiger partial charge < -0.3 is 25.2 Å². The van der Waals surface area contributed by atoms with Gasteiger partial charge in [0.05, 0.1) is 29.7 Å². The molecular weight excluding hydrogens is 459 g/mol. The number of nitrogen functional groups attached to an aromatic ring is 1. The zero-order valence-corrected chi connectivity index (χ0v) is 20.6. The molecule has 0 aliphatic heterocycles. The number of thiophene rings is 1. The number of hydrogen-bond acceptors (Lipinski definition) is 7. The molecule has 0 saturated heterocycles. The lowest BCUT2D eigenvalue weighted by molar-refractivity contribution is 0.0529. The minimum Gasteiger partial charge on any atom is -0.397 e. The van der Waals surface area contributed by atoms with E-state index in [0.717, 1.165) is 10.4 Å². The van der Waals surface area contributed by atoms with Gasteiger partial charge in [0.15, 0.2) is 0 Å². The molecular formula is C24H29N2O5PS. The Kier molecular flexibility index (Phi) is 8.10. The maximum absolute atomic E-state index is 12.8. The largest absolute Gasteiger partial charge is 0.397 e. The van der Waals surface area contributed by atoms with Gasteiger partial charge in [-0.3, -0.25) is 9.36 Å². The molecule has 4 N–H and O–H groups in total. The van der Waals surface area contributed by atoms with Crippen molar-refractivity contribution in [2.24, 2.45) is 0 Å². The predicted octanol–water partition coefficient (Wildman–Crippen LogP) is 5.77. The standard InChI is InChI=1S/C24H29N2O5PS/c1-24(2,28)12-13-31-32(29,30-3)16-17-6-8-18(9-7-17)23(27)26-21-15-19(10-11-20(21)25)22-5-4-14-33-22/h4-11,14-15,28H,12-13,16,25H2,1-3H3,(H,26,27). The zero-order chi connectivity index (χ0) is 24.1. The quantitative estimate of drug-likeness (QED) is 0.247. The summed E-state index contributed by atoms with van der Waals surface area (Å²) in [5.74, 6) is -0.298. The topological polar surface area (TPSA) is 111 Å². The van der Waals surface area contributed by atoms with Gasteiger partial charge in [0.1, 0.15) is 0 Å². The van der Waals surface area contributed by atoms with E-state index in [0.29, 0.717) is 28.9 Å². The molecule has 1 atom stereocenters. The van der Waals surface area contributed by atoms with Crippen LogP contribution in [0.25, 0.3) is 10.4 Å². The maximum atomic E-state index is 12.8. The van der Waals surface area contributed by atoms with Crippen molar-refractivity contribution < 1.29 is 23.5 Å². The van der Waals surface area contributed by atoms with Gasteiger partial charge in [-0.25, -0.2) is 0 Å². The van der Waals surface area contributed by atoms with Gasteiger partial charge in [0, 0.05) is 17.6 Å². The number of amides is 1. The molecule has 7 nitrogen and oxygen atoms in total. The first-order chi connectivity index (χ1) is 15.6. The second-order valence-electron chi connectivity index (χ2n) is 8.28. The first kappa shape index (κ1) is 25.1. The summed E-state index contributed by atoms with van der Waals surface area (Å²) in [6, 6.07) is 16.3. The normalized spacial score (nSPS) is 13.5. The van der Waals surface area contributed by atoms with Gasteiger partial charge in [0.25, 0.3) is 5.91 Å². The molecule has 1 heterocycles. The summed E-state index contributed by atoms with van der Waals surface area (Å²) in [5.41, 5.74) is 8.28. The van der Waals surface area contributed by atoms with Crippen molar-refractivity contribution in [3.8, 4) is 10.4 Å². The Bertz CT molecular complexity index is 1120. The molecule has 0 aliphatic rings. The predicted molar refractivity (Wildman–Crippen MR) is 134 cm³/mol. The third kappa shape index (κ3) is 7.25. The lowest BCUT2D eigenvalue weighted by Gasteiger charge is -2.20. The van der Waals surface area contributed by atoms with Crippen molar-refractivity contribution in [1.29, 1.82) is 0 Å². The molecule has 33 heavy (non-hydrogen) atoms. The van der Waals surface area contributed by atoms with E-state index in [1.54, 1.807) is 55.5 Å². The molecule has 1 aromatic heterocycles. The fourth-order valence-electron chi connectivity index (χ4n) is 3.04. The van der Waals surface area contributed by atoms with Crippen LogP contribution < -0.4 is 11.1 Å². The van der Waals surface area contributed by atoms with Gasteiger partial charge in [-0.15, -0.1) is 11.3 Å². The highest BCUT2D eigenvalue weighted by molar-refractivity contribution is 7.53. The molecule has 3 rings (SSSR count). The molecule has 3 aromatic rings. The number of hydrogen-bond donors (Lipinski definition) is 3. The van der Waals surface area contributed by atoms with Crippen LogP contribution >= 0.6 is 18.9 Å². The number of nitrogens with two attached hydrogens (primary N) is 1. The zero-order valence-electron chi connectivity index (χ0n) is 18.9. The van der Waals surface area contributed by atoms with Crippen LogP contribution in [0.4, 0.5) is 11.4 Å². The third-order valence-electron chi connectivity index (χ3n) is 4.98.